The Bertz CT molecular complexity index is 1310. The van der Waals surface area contributed by atoms with Crippen molar-refractivity contribution in [1.82, 2.24) is 29.0 Å². The number of nitrogens with zero attached hydrogens (tertiary/aromatic N) is 6. The molecule has 0 unspecified atom stereocenters. The van der Waals surface area contributed by atoms with Gasteiger partial charge in [0.15, 0.2) is 5.65 Å². The normalized spacial score (nSPS) is 15.7. The van der Waals surface area contributed by atoms with Crippen LogP contribution in [-0.4, -0.2) is 50.6 Å². The predicted octanol–water partition coefficient (Wildman–Crippen LogP) is 2.01. The van der Waals surface area contributed by atoms with E-state index in [1.165, 1.54) is 22.5 Å². The Hall–Kier alpha value is -3.18. The maximum absolute atomic E-state index is 13.1. The van der Waals surface area contributed by atoms with Gasteiger partial charge >= 0.3 is 0 Å². The van der Waals surface area contributed by atoms with E-state index in [4.69, 9.17) is 4.52 Å². The van der Waals surface area contributed by atoms with E-state index in [2.05, 4.69) is 20.3 Å². The quantitative estimate of drug-likeness (QED) is 0.503. The van der Waals surface area contributed by atoms with Crippen LogP contribution in [0.1, 0.15) is 17.6 Å². The fourth-order valence-corrected chi connectivity index (χ4v) is 4.91. The van der Waals surface area contributed by atoms with Crippen molar-refractivity contribution in [2.75, 3.05) is 13.1 Å². The second kappa shape index (κ2) is 6.42. The smallest absolute Gasteiger partial charge is 0.246 e. The van der Waals surface area contributed by atoms with E-state index >= 15 is 0 Å². The van der Waals surface area contributed by atoms with Gasteiger partial charge in [-0.3, -0.25) is 4.40 Å². The van der Waals surface area contributed by atoms with Crippen LogP contribution < -0.4 is 0 Å². The Labute approximate surface area is 164 Å². The van der Waals surface area contributed by atoms with E-state index in [1.807, 2.05) is 0 Å². The molecule has 0 aliphatic carbocycles. The van der Waals surface area contributed by atoms with E-state index < -0.39 is 10.0 Å². The molecule has 0 atom stereocenters. The summed E-state index contributed by atoms with van der Waals surface area (Å²) >= 11 is 0. The fourth-order valence-electron chi connectivity index (χ4n) is 3.26. The first-order chi connectivity index (χ1) is 13.9. The first-order valence-corrected chi connectivity index (χ1v) is 10.3. The Morgan fingerprint density at radius 3 is 2.66 bits per heavy atom. The largest absolute Gasteiger partial charge is 0.339 e. The average molecular weight is 414 g/mol. The van der Waals surface area contributed by atoms with Crippen LogP contribution in [0.5, 0.6) is 0 Å². The Kier molecular flexibility index (Phi) is 3.96. The Morgan fingerprint density at radius 2 is 1.90 bits per heavy atom. The number of hydrogen-bond donors (Lipinski definition) is 0. The molecule has 11 heteroatoms. The average Bonchev–Trinajstić information content (AvgIpc) is 3.28. The summed E-state index contributed by atoms with van der Waals surface area (Å²) < 4.78 is 47.4. The van der Waals surface area contributed by atoms with E-state index in [-0.39, 0.29) is 29.7 Å². The predicted molar refractivity (Wildman–Crippen MR) is 98.9 cm³/mol. The standard InChI is InChI=1S/C18H15FN6O3S/c1-11-21-22-17-15(3-2-8-25(11)17)29(26,27)24-9-13(10-24)18-20-16(23-28-18)12-4-6-14(19)7-5-12/h2-8,13H,9-10H2,1H3. The van der Waals surface area contributed by atoms with E-state index in [9.17, 15) is 12.8 Å². The fraction of sp³-hybridized carbons (Fsp3) is 0.222. The molecule has 29 heavy (non-hydrogen) atoms. The minimum absolute atomic E-state index is 0.108. The summed E-state index contributed by atoms with van der Waals surface area (Å²) in [5, 5.41) is 11.8. The van der Waals surface area contributed by atoms with Crippen molar-refractivity contribution in [2.45, 2.75) is 17.7 Å². The van der Waals surface area contributed by atoms with Gasteiger partial charge in [-0.25, -0.2) is 12.8 Å². The number of halogens is 1. The Balaban J connectivity index is 1.36. The third-order valence-corrected chi connectivity index (χ3v) is 6.78. The van der Waals surface area contributed by atoms with E-state index in [0.29, 0.717) is 28.8 Å². The second-order valence-electron chi connectivity index (χ2n) is 6.80. The third kappa shape index (κ3) is 2.89. The number of sulfonamides is 1. The van der Waals surface area contributed by atoms with Crippen LogP contribution in [-0.2, 0) is 10.0 Å². The molecule has 148 valence electrons. The lowest BCUT2D eigenvalue weighted by molar-refractivity contribution is 0.217. The highest BCUT2D eigenvalue weighted by atomic mass is 32.2. The monoisotopic (exact) mass is 414 g/mol. The summed E-state index contributed by atoms with van der Waals surface area (Å²) in [5.74, 6) is 0.746. The minimum Gasteiger partial charge on any atom is -0.339 e. The van der Waals surface area contributed by atoms with Gasteiger partial charge in [-0.1, -0.05) is 5.16 Å². The molecule has 0 amide bonds. The van der Waals surface area contributed by atoms with E-state index in [0.717, 1.165) is 0 Å². The topological polar surface area (TPSA) is 106 Å². The van der Waals surface area contributed by atoms with Gasteiger partial charge < -0.3 is 4.52 Å². The lowest BCUT2D eigenvalue weighted by Gasteiger charge is -2.35. The molecule has 4 heterocycles. The van der Waals surface area contributed by atoms with Gasteiger partial charge in [-0.05, 0) is 43.3 Å². The molecule has 0 N–H and O–H groups in total. The maximum Gasteiger partial charge on any atom is 0.246 e. The number of hydrogen-bond acceptors (Lipinski definition) is 7. The van der Waals surface area contributed by atoms with Crippen LogP contribution >= 0.6 is 0 Å². The van der Waals surface area contributed by atoms with Gasteiger partial charge in [0.1, 0.15) is 16.5 Å². The van der Waals surface area contributed by atoms with Gasteiger partial charge in [-0.15, -0.1) is 10.2 Å². The van der Waals surface area contributed by atoms with Crippen molar-refractivity contribution in [1.29, 1.82) is 0 Å². The molecule has 0 spiro atoms. The number of aromatic nitrogens is 5. The molecule has 0 saturated carbocycles. The second-order valence-corrected chi connectivity index (χ2v) is 8.70. The number of aryl methyl sites for hydroxylation is 1. The van der Waals surface area contributed by atoms with Gasteiger partial charge in [0.05, 0.1) is 5.92 Å². The van der Waals surface area contributed by atoms with Gasteiger partial charge in [-0.2, -0.15) is 9.29 Å². The van der Waals surface area contributed by atoms with Gasteiger partial charge in [0.2, 0.25) is 21.7 Å². The van der Waals surface area contributed by atoms with Crippen LogP contribution in [0, 0.1) is 12.7 Å². The van der Waals surface area contributed by atoms with Crippen molar-refractivity contribution < 1.29 is 17.3 Å². The highest BCUT2D eigenvalue weighted by Crippen LogP contribution is 2.33. The highest BCUT2D eigenvalue weighted by molar-refractivity contribution is 7.89. The van der Waals surface area contributed by atoms with Crippen LogP contribution in [0.15, 0.2) is 52.0 Å². The summed E-state index contributed by atoms with van der Waals surface area (Å²) in [7, 11) is -3.73. The zero-order chi connectivity index (χ0) is 20.2. The molecule has 4 aromatic rings. The van der Waals surface area contributed by atoms with Crippen LogP contribution in [0.3, 0.4) is 0 Å². The molecule has 5 rings (SSSR count). The molecule has 3 aromatic heterocycles. The van der Waals surface area contributed by atoms with Crippen LogP contribution in [0.4, 0.5) is 4.39 Å². The summed E-state index contributed by atoms with van der Waals surface area (Å²) in [6, 6.07) is 8.92. The lowest BCUT2D eigenvalue weighted by atomic mass is 10.0. The molecule has 1 fully saturated rings. The molecular formula is C18H15FN6O3S. The van der Waals surface area contributed by atoms with Crippen molar-refractivity contribution in [3.63, 3.8) is 0 Å². The first-order valence-electron chi connectivity index (χ1n) is 8.83. The number of benzene rings is 1. The van der Waals surface area contributed by atoms with Crippen LogP contribution in [0.2, 0.25) is 0 Å². The summed E-state index contributed by atoms with van der Waals surface area (Å²) in [6.45, 7) is 2.20. The summed E-state index contributed by atoms with van der Waals surface area (Å²) in [6.07, 6.45) is 1.72. The molecule has 1 aromatic carbocycles. The number of pyridine rings is 1. The van der Waals surface area contributed by atoms with Crippen molar-refractivity contribution in [3.8, 4) is 11.4 Å². The number of rotatable bonds is 4. The van der Waals surface area contributed by atoms with Crippen molar-refractivity contribution in [3.05, 3.63) is 60.1 Å². The van der Waals surface area contributed by atoms with Crippen LogP contribution in [0.25, 0.3) is 17.0 Å². The van der Waals surface area contributed by atoms with Gasteiger partial charge in [0, 0.05) is 24.8 Å². The molecule has 9 nitrogen and oxygen atoms in total. The van der Waals surface area contributed by atoms with Gasteiger partial charge in [0.25, 0.3) is 0 Å². The maximum atomic E-state index is 13.1. The molecule has 0 radical (unpaired) electrons. The molecule has 0 bridgehead atoms. The molecule has 1 saturated heterocycles. The molecule has 1 aliphatic heterocycles. The zero-order valence-electron chi connectivity index (χ0n) is 15.2. The summed E-state index contributed by atoms with van der Waals surface area (Å²) in [5.41, 5.74) is 0.920. The summed E-state index contributed by atoms with van der Waals surface area (Å²) in [4.78, 5) is 4.43. The van der Waals surface area contributed by atoms with E-state index in [1.54, 1.807) is 35.7 Å². The molecular weight excluding hydrogens is 399 g/mol. The third-order valence-electron chi connectivity index (χ3n) is 4.93. The SMILES string of the molecule is Cc1nnc2c(S(=O)(=O)N3CC(c4nc(-c5ccc(F)cc5)no4)C3)cccn12. The highest BCUT2D eigenvalue weighted by Gasteiger charge is 2.41. The number of fused-ring (bicyclic) bond motifs is 1. The first kappa shape index (κ1) is 17.9. The lowest BCUT2D eigenvalue weighted by Crippen LogP contribution is -2.48. The molecule has 1 aliphatic rings. The van der Waals surface area contributed by atoms with Crippen molar-refractivity contribution >= 4 is 15.7 Å². The zero-order valence-corrected chi connectivity index (χ0v) is 16.0. The Morgan fingerprint density at radius 1 is 1.14 bits per heavy atom. The van der Waals surface area contributed by atoms with Crippen molar-refractivity contribution in [2.24, 2.45) is 0 Å². The minimum atomic E-state index is -3.73.